The van der Waals surface area contributed by atoms with E-state index in [2.05, 4.69) is 56.6 Å². The Hall–Kier alpha value is -1.24. The summed E-state index contributed by atoms with van der Waals surface area (Å²) in [6.07, 6.45) is 2.05. The van der Waals surface area contributed by atoms with Crippen molar-refractivity contribution in [3.05, 3.63) is 47.7 Å². The molecule has 0 radical (unpaired) electrons. The molecule has 0 aromatic heterocycles. The van der Waals surface area contributed by atoms with Gasteiger partial charge in [-0.1, -0.05) is 35.9 Å². The normalized spacial score (nSPS) is 11.9. The fraction of sp³-hybridized carbons (Fsp3) is 0.333. The molecule has 0 saturated heterocycles. The molecule has 0 saturated carbocycles. The van der Waals surface area contributed by atoms with Crippen LogP contribution in [0, 0.1) is 0 Å². The van der Waals surface area contributed by atoms with Gasteiger partial charge in [0.2, 0.25) is 0 Å². The van der Waals surface area contributed by atoms with Gasteiger partial charge in [0.15, 0.2) is 0 Å². The van der Waals surface area contributed by atoms with Gasteiger partial charge in [-0.05, 0) is 32.5 Å². The zero-order valence-corrected chi connectivity index (χ0v) is 8.54. The summed E-state index contributed by atoms with van der Waals surface area (Å²) in [7, 11) is 0. The summed E-state index contributed by atoms with van der Waals surface area (Å²) in [5.41, 5.74) is 2.61. The van der Waals surface area contributed by atoms with Gasteiger partial charge in [0.25, 0.3) is 0 Å². The van der Waals surface area contributed by atoms with Gasteiger partial charge in [0.1, 0.15) is 0 Å². The Balaban J connectivity index is 2.59. The molecular formula is C12H17N. The van der Waals surface area contributed by atoms with Crippen LogP contribution in [0.25, 0.3) is 0 Å². The molecule has 1 atom stereocenters. The van der Waals surface area contributed by atoms with E-state index in [-0.39, 0.29) is 0 Å². The second-order valence-electron chi connectivity index (χ2n) is 3.52. The lowest BCUT2D eigenvalue weighted by molar-refractivity contribution is 0.682. The molecule has 0 bridgehead atoms. The van der Waals surface area contributed by atoms with Crippen molar-refractivity contribution in [1.29, 1.82) is 0 Å². The first-order chi connectivity index (χ1) is 6.20. The standard InChI is InChI=1S/C12H17N/c1-10(2)9-13-11(3)12-7-5-4-6-8-12/h4-9,11,13H,1-3H3. The molecular weight excluding hydrogens is 158 g/mol. The summed E-state index contributed by atoms with van der Waals surface area (Å²) in [6, 6.07) is 10.8. The van der Waals surface area contributed by atoms with Crippen molar-refractivity contribution in [2.45, 2.75) is 26.8 Å². The van der Waals surface area contributed by atoms with Crippen LogP contribution in [0.2, 0.25) is 0 Å². The lowest BCUT2D eigenvalue weighted by Crippen LogP contribution is -2.11. The highest BCUT2D eigenvalue weighted by atomic mass is 14.9. The van der Waals surface area contributed by atoms with Gasteiger partial charge in [-0.15, -0.1) is 0 Å². The summed E-state index contributed by atoms with van der Waals surface area (Å²) in [6.45, 7) is 6.34. The highest BCUT2D eigenvalue weighted by Gasteiger charge is 1.99. The second-order valence-corrected chi connectivity index (χ2v) is 3.52. The summed E-state index contributed by atoms with van der Waals surface area (Å²) in [5, 5.41) is 3.34. The van der Waals surface area contributed by atoms with E-state index in [1.807, 2.05) is 6.07 Å². The third-order valence-corrected chi connectivity index (χ3v) is 1.92. The van der Waals surface area contributed by atoms with E-state index in [1.165, 1.54) is 11.1 Å². The number of hydrogen-bond donors (Lipinski definition) is 1. The van der Waals surface area contributed by atoms with Crippen LogP contribution in [-0.4, -0.2) is 0 Å². The largest absolute Gasteiger partial charge is 0.384 e. The Morgan fingerprint density at radius 1 is 1.23 bits per heavy atom. The molecule has 1 unspecified atom stereocenters. The first kappa shape index (κ1) is 9.85. The molecule has 0 heterocycles. The Labute approximate surface area is 80.5 Å². The van der Waals surface area contributed by atoms with Crippen LogP contribution in [0.5, 0.6) is 0 Å². The monoisotopic (exact) mass is 175 g/mol. The predicted molar refractivity (Wildman–Crippen MR) is 57.4 cm³/mol. The van der Waals surface area contributed by atoms with Gasteiger partial charge in [-0.3, -0.25) is 0 Å². The Morgan fingerprint density at radius 2 is 1.85 bits per heavy atom. The smallest absolute Gasteiger partial charge is 0.0480 e. The van der Waals surface area contributed by atoms with E-state index in [4.69, 9.17) is 0 Å². The summed E-state index contributed by atoms with van der Waals surface area (Å²) < 4.78 is 0. The lowest BCUT2D eigenvalue weighted by Gasteiger charge is -2.12. The van der Waals surface area contributed by atoms with Crippen LogP contribution in [0.15, 0.2) is 42.1 Å². The highest BCUT2D eigenvalue weighted by Crippen LogP contribution is 2.10. The number of hydrogen-bond acceptors (Lipinski definition) is 1. The number of rotatable bonds is 3. The number of benzene rings is 1. The van der Waals surface area contributed by atoms with Gasteiger partial charge in [0.05, 0.1) is 0 Å². The first-order valence-corrected chi connectivity index (χ1v) is 4.64. The third-order valence-electron chi connectivity index (χ3n) is 1.92. The van der Waals surface area contributed by atoms with E-state index in [9.17, 15) is 0 Å². The average molecular weight is 175 g/mol. The van der Waals surface area contributed by atoms with Gasteiger partial charge in [0, 0.05) is 6.04 Å². The maximum absolute atomic E-state index is 3.34. The molecule has 0 spiro atoms. The molecule has 70 valence electrons. The minimum atomic E-state index is 0.385. The van der Waals surface area contributed by atoms with Crippen LogP contribution in [0.4, 0.5) is 0 Å². The first-order valence-electron chi connectivity index (χ1n) is 4.64. The maximum atomic E-state index is 3.34. The lowest BCUT2D eigenvalue weighted by atomic mass is 10.1. The van der Waals surface area contributed by atoms with E-state index >= 15 is 0 Å². The number of allylic oxidation sites excluding steroid dienone is 1. The molecule has 1 aromatic rings. The SMILES string of the molecule is CC(C)=CNC(C)c1ccccc1. The van der Waals surface area contributed by atoms with Crippen LogP contribution in [-0.2, 0) is 0 Å². The summed E-state index contributed by atoms with van der Waals surface area (Å²) in [5.74, 6) is 0. The van der Waals surface area contributed by atoms with Crippen LogP contribution in [0.1, 0.15) is 32.4 Å². The fourth-order valence-electron chi connectivity index (χ4n) is 1.13. The predicted octanol–water partition coefficient (Wildman–Crippen LogP) is 3.26. The minimum absolute atomic E-state index is 0.385. The molecule has 1 nitrogen and oxygen atoms in total. The average Bonchev–Trinajstić information content (AvgIpc) is 2.15. The topological polar surface area (TPSA) is 12.0 Å². The zero-order chi connectivity index (χ0) is 9.68. The molecule has 0 fully saturated rings. The van der Waals surface area contributed by atoms with Crippen molar-refractivity contribution in [3.63, 3.8) is 0 Å². The molecule has 0 aliphatic carbocycles. The third kappa shape index (κ3) is 3.32. The van der Waals surface area contributed by atoms with Gasteiger partial charge >= 0.3 is 0 Å². The molecule has 0 aliphatic heterocycles. The molecule has 1 rings (SSSR count). The van der Waals surface area contributed by atoms with Crippen molar-refractivity contribution in [3.8, 4) is 0 Å². The van der Waals surface area contributed by atoms with Crippen molar-refractivity contribution >= 4 is 0 Å². The van der Waals surface area contributed by atoms with Crippen LogP contribution >= 0.6 is 0 Å². The van der Waals surface area contributed by atoms with Crippen molar-refractivity contribution in [2.24, 2.45) is 0 Å². The van der Waals surface area contributed by atoms with E-state index in [0.29, 0.717) is 6.04 Å². The zero-order valence-electron chi connectivity index (χ0n) is 8.54. The van der Waals surface area contributed by atoms with E-state index in [0.717, 1.165) is 0 Å². The molecule has 0 amide bonds. The van der Waals surface area contributed by atoms with E-state index < -0.39 is 0 Å². The van der Waals surface area contributed by atoms with Gasteiger partial charge < -0.3 is 5.32 Å². The Kier molecular flexibility index (Phi) is 3.56. The fourth-order valence-corrected chi connectivity index (χ4v) is 1.13. The van der Waals surface area contributed by atoms with Crippen molar-refractivity contribution in [1.82, 2.24) is 5.32 Å². The van der Waals surface area contributed by atoms with Crippen molar-refractivity contribution < 1.29 is 0 Å². The maximum Gasteiger partial charge on any atom is 0.0480 e. The van der Waals surface area contributed by atoms with Gasteiger partial charge in [-0.25, -0.2) is 0 Å². The quantitative estimate of drug-likeness (QED) is 0.743. The minimum Gasteiger partial charge on any atom is -0.384 e. The molecule has 13 heavy (non-hydrogen) atoms. The summed E-state index contributed by atoms with van der Waals surface area (Å²) in [4.78, 5) is 0. The van der Waals surface area contributed by atoms with Crippen LogP contribution in [0.3, 0.4) is 0 Å². The molecule has 1 heteroatoms. The second kappa shape index (κ2) is 4.70. The molecule has 1 aromatic carbocycles. The highest BCUT2D eigenvalue weighted by molar-refractivity contribution is 5.18. The molecule has 1 N–H and O–H groups in total. The van der Waals surface area contributed by atoms with Crippen LogP contribution < -0.4 is 5.32 Å². The Morgan fingerprint density at radius 3 is 2.38 bits per heavy atom. The van der Waals surface area contributed by atoms with Gasteiger partial charge in [-0.2, -0.15) is 0 Å². The molecule has 0 aliphatic rings. The van der Waals surface area contributed by atoms with E-state index in [1.54, 1.807) is 0 Å². The summed E-state index contributed by atoms with van der Waals surface area (Å²) >= 11 is 0. The number of nitrogens with one attached hydrogen (secondary N) is 1. The Bertz CT molecular complexity index is 270. The van der Waals surface area contributed by atoms with Crippen molar-refractivity contribution in [2.75, 3.05) is 0 Å².